The lowest BCUT2D eigenvalue weighted by Crippen LogP contribution is -2.48. The van der Waals surface area contributed by atoms with Crippen LogP contribution in [0.5, 0.6) is 0 Å². The fourth-order valence-electron chi connectivity index (χ4n) is 2.82. The Bertz CT molecular complexity index is 196. The molecule has 3 heteroatoms. The van der Waals surface area contributed by atoms with E-state index in [4.69, 9.17) is 10.5 Å². The Hall–Kier alpha value is -0.120. The largest absolute Gasteiger partial charge is 0.381 e. The quantitative estimate of drug-likeness (QED) is 0.678. The molecular weight excluding hydrogens is 176 g/mol. The van der Waals surface area contributed by atoms with Gasteiger partial charge in [0, 0.05) is 31.3 Å². The molecule has 0 spiro atoms. The van der Waals surface area contributed by atoms with Crippen LogP contribution in [-0.2, 0) is 4.74 Å². The van der Waals surface area contributed by atoms with Gasteiger partial charge in [-0.1, -0.05) is 6.92 Å². The zero-order chi connectivity index (χ0) is 10.1. The summed E-state index contributed by atoms with van der Waals surface area (Å²) in [6.45, 7) is 7.58. The zero-order valence-electron chi connectivity index (χ0n) is 9.28. The monoisotopic (exact) mass is 198 g/mol. The molecule has 82 valence electrons. The molecule has 2 heterocycles. The molecule has 0 aromatic rings. The molecule has 2 rings (SSSR count). The highest BCUT2D eigenvalue weighted by Crippen LogP contribution is 2.27. The second-order valence-corrected chi connectivity index (χ2v) is 4.84. The second-order valence-electron chi connectivity index (χ2n) is 4.84. The Labute approximate surface area is 86.6 Å². The Morgan fingerprint density at radius 1 is 1.29 bits per heavy atom. The van der Waals surface area contributed by atoms with Crippen LogP contribution in [0.4, 0.5) is 0 Å². The summed E-state index contributed by atoms with van der Waals surface area (Å²) in [6.07, 6.45) is 2.34. The highest BCUT2D eigenvalue weighted by Gasteiger charge is 2.36. The third-order valence-electron chi connectivity index (χ3n) is 3.88. The minimum Gasteiger partial charge on any atom is -0.381 e. The molecular formula is C11H22N2O. The van der Waals surface area contributed by atoms with E-state index in [-0.39, 0.29) is 0 Å². The van der Waals surface area contributed by atoms with E-state index in [1.807, 2.05) is 0 Å². The van der Waals surface area contributed by atoms with Crippen molar-refractivity contribution in [3.05, 3.63) is 0 Å². The van der Waals surface area contributed by atoms with Crippen LogP contribution in [0, 0.1) is 5.92 Å². The van der Waals surface area contributed by atoms with Crippen LogP contribution in [0.2, 0.25) is 0 Å². The molecule has 0 aliphatic carbocycles. The lowest BCUT2D eigenvalue weighted by Gasteiger charge is -2.39. The van der Waals surface area contributed by atoms with Gasteiger partial charge in [0.2, 0.25) is 0 Å². The average molecular weight is 198 g/mol. The van der Waals surface area contributed by atoms with Crippen molar-refractivity contribution < 1.29 is 4.74 Å². The second kappa shape index (κ2) is 4.17. The van der Waals surface area contributed by atoms with Gasteiger partial charge < -0.3 is 10.5 Å². The van der Waals surface area contributed by atoms with E-state index >= 15 is 0 Å². The van der Waals surface area contributed by atoms with E-state index in [1.54, 1.807) is 0 Å². The van der Waals surface area contributed by atoms with E-state index in [0.717, 1.165) is 19.6 Å². The minimum absolute atomic E-state index is 0.380. The van der Waals surface area contributed by atoms with Crippen molar-refractivity contribution in [2.75, 3.05) is 19.8 Å². The van der Waals surface area contributed by atoms with Gasteiger partial charge in [-0.25, -0.2) is 0 Å². The average Bonchev–Trinajstić information content (AvgIpc) is 2.49. The van der Waals surface area contributed by atoms with Gasteiger partial charge in [0.1, 0.15) is 0 Å². The standard InChI is InChI=1S/C11H22N2O/c1-8-7-14-6-4-11(8)13-5-3-10(12)9(13)2/h8-11H,3-7,12H2,1-2H3. The molecule has 0 bridgehead atoms. The van der Waals surface area contributed by atoms with E-state index in [0.29, 0.717) is 24.0 Å². The van der Waals surface area contributed by atoms with Crippen LogP contribution < -0.4 is 5.73 Å². The summed E-state index contributed by atoms with van der Waals surface area (Å²) in [5, 5.41) is 0. The maximum atomic E-state index is 6.05. The molecule has 2 aliphatic heterocycles. The number of nitrogens with two attached hydrogens (primary N) is 1. The van der Waals surface area contributed by atoms with Gasteiger partial charge in [0.15, 0.2) is 0 Å². The van der Waals surface area contributed by atoms with Crippen LogP contribution >= 0.6 is 0 Å². The van der Waals surface area contributed by atoms with E-state index < -0.39 is 0 Å². The number of rotatable bonds is 1. The third kappa shape index (κ3) is 1.81. The first-order valence-corrected chi connectivity index (χ1v) is 5.79. The Morgan fingerprint density at radius 2 is 2.07 bits per heavy atom. The molecule has 0 radical (unpaired) electrons. The Morgan fingerprint density at radius 3 is 2.64 bits per heavy atom. The van der Waals surface area contributed by atoms with Gasteiger partial charge >= 0.3 is 0 Å². The molecule has 3 nitrogen and oxygen atoms in total. The SMILES string of the molecule is CC1COCCC1N1CCC(N)C1C. The molecule has 2 aliphatic rings. The summed E-state index contributed by atoms with van der Waals surface area (Å²) in [5.74, 6) is 0.663. The van der Waals surface area contributed by atoms with Crippen LogP contribution in [0.15, 0.2) is 0 Å². The molecule has 2 N–H and O–H groups in total. The van der Waals surface area contributed by atoms with Gasteiger partial charge in [0.05, 0.1) is 6.61 Å². The lowest BCUT2D eigenvalue weighted by atomic mass is 9.95. The minimum atomic E-state index is 0.380. The first-order valence-electron chi connectivity index (χ1n) is 5.79. The van der Waals surface area contributed by atoms with Crippen LogP contribution in [0.3, 0.4) is 0 Å². The number of nitrogens with zero attached hydrogens (tertiary/aromatic N) is 1. The highest BCUT2D eigenvalue weighted by molar-refractivity contribution is 4.92. The van der Waals surface area contributed by atoms with Crippen molar-refractivity contribution in [2.45, 2.75) is 44.8 Å². The van der Waals surface area contributed by atoms with Crippen LogP contribution in [0.25, 0.3) is 0 Å². The van der Waals surface area contributed by atoms with Crippen LogP contribution in [-0.4, -0.2) is 42.8 Å². The smallest absolute Gasteiger partial charge is 0.0506 e. The normalized spacial score (nSPS) is 45.6. The molecule has 0 aromatic heterocycles. The summed E-state index contributed by atoms with van der Waals surface area (Å²) < 4.78 is 5.48. The summed E-state index contributed by atoms with van der Waals surface area (Å²) >= 11 is 0. The molecule has 0 aromatic carbocycles. The van der Waals surface area contributed by atoms with Crippen molar-refractivity contribution in [3.8, 4) is 0 Å². The van der Waals surface area contributed by atoms with Gasteiger partial charge in [0.25, 0.3) is 0 Å². The highest BCUT2D eigenvalue weighted by atomic mass is 16.5. The molecule has 2 saturated heterocycles. The van der Waals surface area contributed by atoms with Gasteiger partial charge in [-0.2, -0.15) is 0 Å². The number of ether oxygens (including phenoxy) is 1. The van der Waals surface area contributed by atoms with Crippen molar-refractivity contribution in [1.29, 1.82) is 0 Å². The van der Waals surface area contributed by atoms with E-state index in [9.17, 15) is 0 Å². The molecule has 0 amide bonds. The maximum Gasteiger partial charge on any atom is 0.0506 e. The molecule has 4 unspecified atom stereocenters. The number of likely N-dealkylation sites (tertiary alicyclic amines) is 1. The Kier molecular flexibility index (Phi) is 3.10. The fourth-order valence-corrected chi connectivity index (χ4v) is 2.82. The Balaban J connectivity index is 1.99. The summed E-state index contributed by atoms with van der Waals surface area (Å²) in [4.78, 5) is 2.60. The predicted molar refractivity (Wildman–Crippen MR) is 57.1 cm³/mol. The fraction of sp³-hybridized carbons (Fsp3) is 1.00. The van der Waals surface area contributed by atoms with Gasteiger partial charge in [-0.3, -0.25) is 4.90 Å². The van der Waals surface area contributed by atoms with E-state index in [2.05, 4.69) is 18.7 Å². The zero-order valence-corrected chi connectivity index (χ0v) is 9.28. The van der Waals surface area contributed by atoms with Crippen molar-refractivity contribution >= 4 is 0 Å². The summed E-state index contributed by atoms with van der Waals surface area (Å²) in [7, 11) is 0. The van der Waals surface area contributed by atoms with Gasteiger partial charge in [-0.15, -0.1) is 0 Å². The maximum absolute atomic E-state index is 6.05. The first-order chi connectivity index (χ1) is 6.70. The van der Waals surface area contributed by atoms with E-state index in [1.165, 1.54) is 13.0 Å². The number of hydrogen-bond acceptors (Lipinski definition) is 3. The lowest BCUT2D eigenvalue weighted by molar-refractivity contribution is -0.00895. The predicted octanol–water partition coefficient (Wildman–Crippen LogP) is 0.833. The molecule has 2 fully saturated rings. The van der Waals surface area contributed by atoms with Crippen molar-refractivity contribution in [1.82, 2.24) is 4.90 Å². The van der Waals surface area contributed by atoms with Crippen LogP contribution in [0.1, 0.15) is 26.7 Å². The first kappa shape index (κ1) is 10.4. The molecule has 4 atom stereocenters. The topological polar surface area (TPSA) is 38.5 Å². The molecule has 14 heavy (non-hydrogen) atoms. The van der Waals surface area contributed by atoms with Gasteiger partial charge in [-0.05, 0) is 25.7 Å². The third-order valence-corrected chi connectivity index (χ3v) is 3.88. The van der Waals surface area contributed by atoms with Crippen molar-refractivity contribution in [2.24, 2.45) is 11.7 Å². The number of hydrogen-bond donors (Lipinski definition) is 1. The molecule has 0 saturated carbocycles. The summed E-state index contributed by atoms with van der Waals surface area (Å²) in [5.41, 5.74) is 6.05. The summed E-state index contributed by atoms with van der Waals surface area (Å²) in [6, 6.07) is 1.64. The van der Waals surface area contributed by atoms with Crippen molar-refractivity contribution in [3.63, 3.8) is 0 Å².